The summed E-state index contributed by atoms with van der Waals surface area (Å²) in [5.74, 6) is 1.41. The van der Waals surface area contributed by atoms with Crippen LogP contribution in [0.5, 0.6) is 5.75 Å². The second kappa shape index (κ2) is 11.1. The Balaban J connectivity index is 1.28. The zero-order valence-corrected chi connectivity index (χ0v) is 21.4. The zero-order chi connectivity index (χ0) is 26.6. The number of anilines is 2. The Morgan fingerprint density at radius 3 is 2.32 bits per heavy atom. The van der Waals surface area contributed by atoms with Crippen LogP contribution in [0.3, 0.4) is 0 Å². The smallest absolute Gasteiger partial charge is 0.406 e. The number of alkyl halides is 3. The van der Waals surface area contributed by atoms with Gasteiger partial charge in [0.1, 0.15) is 11.6 Å². The molecule has 3 aromatic rings. The van der Waals surface area contributed by atoms with Crippen molar-refractivity contribution in [3.8, 4) is 5.75 Å². The molecule has 1 aliphatic carbocycles. The van der Waals surface area contributed by atoms with Crippen LogP contribution in [0.2, 0.25) is 0 Å². The predicted octanol–water partition coefficient (Wildman–Crippen LogP) is 4.79. The molecule has 37 heavy (non-hydrogen) atoms. The second-order valence-electron chi connectivity index (χ2n) is 9.42. The van der Waals surface area contributed by atoms with Gasteiger partial charge in [-0.25, -0.2) is 18.1 Å². The molecule has 1 aromatic heterocycles. The second-order valence-corrected chi connectivity index (χ2v) is 11.2. The van der Waals surface area contributed by atoms with Gasteiger partial charge in [0.25, 0.3) is 0 Å². The number of hydrogen-bond donors (Lipinski definition) is 2. The van der Waals surface area contributed by atoms with Crippen LogP contribution in [0, 0.1) is 11.8 Å². The molecule has 4 rings (SSSR count). The number of benzene rings is 2. The van der Waals surface area contributed by atoms with E-state index in [-0.39, 0.29) is 17.4 Å². The van der Waals surface area contributed by atoms with Gasteiger partial charge in [-0.3, -0.25) is 0 Å². The lowest BCUT2D eigenvalue weighted by atomic mass is 9.82. The van der Waals surface area contributed by atoms with E-state index >= 15 is 0 Å². The zero-order valence-electron chi connectivity index (χ0n) is 20.6. The minimum atomic E-state index is -4.89. The average Bonchev–Trinajstić information content (AvgIpc) is 2.85. The van der Waals surface area contributed by atoms with Crippen molar-refractivity contribution in [3.05, 3.63) is 48.5 Å². The molecule has 1 heterocycles. The van der Waals surface area contributed by atoms with Crippen LogP contribution in [0.1, 0.15) is 25.7 Å². The lowest BCUT2D eigenvalue weighted by Gasteiger charge is -2.28. The number of fused-ring (bicyclic) bond motifs is 1. The third-order valence-corrected chi connectivity index (χ3v) is 7.85. The molecule has 2 N–H and O–H groups in total. The predicted molar refractivity (Wildman–Crippen MR) is 136 cm³/mol. The van der Waals surface area contributed by atoms with E-state index in [0.717, 1.165) is 61.1 Å². The first-order valence-electron chi connectivity index (χ1n) is 12.0. The number of halogens is 3. The molecule has 1 aliphatic rings. The highest BCUT2D eigenvalue weighted by molar-refractivity contribution is 7.89. The summed E-state index contributed by atoms with van der Waals surface area (Å²) in [5.41, 5.74) is 0.871. The number of hydrogen-bond acceptors (Lipinski definition) is 7. The van der Waals surface area contributed by atoms with Gasteiger partial charge in [-0.2, -0.15) is 4.98 Å². The van der Waals surface area contributed by atoms with Gasteiger partial charge in [0.05, 0.1) is 10.4 Å². The number of aromatic nitrogens is 2. The van der Waals surface area contributed by atoms with Gasteiger partial charge in [0.15, 0.2) is 0 Å². The fourth-order valence-corrected chi connectivity index (χ4v) is 5.66. The lowest BCUT2D eigenvalue weighted by molar-refractivity contribution is -0.274. The van der Waals surface area contributed by atoms with Crippen LogP contribution in [0.25, 0.3) is 10.9 Å². The number of ether oxygens (including phenoxy) is 1. The third-order valence-electron chi connectivity index (χ3n) is 6.43. The molecule has 0 spiro atoms. The van der Waals surface area contributed by atoms with Crippen molar-refractivity contribution in [1.82, 2.24) is 14.7 Å². The summed E-state index contributed by atoms with van der Waals surface area (Å²) in [7, 11) is -0.0658. The molecule has 0 amide bonds. The topological polar surface area (TPSA) is 96.5 Å². The van der Waals surface area contributed by atoms with E-state index in [2.05, 4.69) is 24.7 Å². The number of nitrogens with zero attached hydrogens (tertiary/aromatic N) is 3. The highest BCUT2D eigenvalue weighted by Gasteiger charge is 2.31. The summed E-state index contributed by atoms with van der Waals surface area (Å²) in [5, 5.41) is 4.35. The van der Waals surface area contributed by atoms with Gasteiger partial charge in [0, 0.05) is 38.6 Å². The van der Waals surface area contributed by atoms with Gasteiger partial charge < -0.3 is 15.0 Å². The van der Waals surface area contributed by atoms with Crippen LogP contribution in [-0.4, -0.2) is 51.9 Å². The monoisotopic (exact) mass is 537 g/mol. The minimum absolute atomic E-state index is 0.151. The number of sulfonamides is 1. The van der Waals surface area contributed by atoms with E-state index in [1.807, 2.05) is 43.3 Å². The van der Waals surface area contributed by atoms with E-state index in [1.165, 1.54) is 12.1 Å². The summed E-state index contributed by atoms with van der Waals surface area (Å²) in [6.07, 6.45) is -1.37. The maximum absolute atomic E-state index is 12.6. The first-order chi connectivity index (χ1) is 17.5. The minimum Gasteiger partial charge on any atom is -0.406 e. The first kappa shape index (κ1) is 26.9. The summed E-state index contributed by atoms with van der Waals surface area (Å²) >= 11 is 0. The van der Waals surface area contributed by atoms with Gasteiger partial charge in [-0.15, -0.1) is 13.2 Å². The molecule has 200 valence electrons. The van der Waals surface area contributed by atoms with Crippen LogP contribution in [0.15, 0.2) is 53.4 Å². The molecule has 0 saturated heterocycles. The van der Waals surface area contributed by atoms with E-state index < -0.39 is 22.1 Å². The number of rotatable bonds is 9. The molecule has 0 bridgehead atoms. The molecular weight excluding hydrogens is 507 g/mol. The van der Waals surface area contributed by atoms with Crippen LogP contribution in [0.4, 0.5) is 24.9 Å². The summed E-state index contributed by atoms with van der Waals surface area (Å²) in [4.78, 5) is 11.0. The Hall–Kier alpha value is -3.12. The summed E-state index contributed by atoms with van der Waals surface area (Å²) in [6, 6.07) is 12.3. The molecule has 0 unspecified atom stereocenters. The van der Waals surface area contributed by atoms with Crippen molar-refractivity contribution in [2.24, 2.45) is 11.8 Å². The average molecular weight is 538 g/mol. The molecule has 0 radical (unpaired) electrons. The van der Waals surface area contributed by atoms with Crippen molar-refractivity contribution >= 4 is 32.7 Å². The quantitative estimate of drug-likeness (QED) is 0.405. The van der Waals surface area contributed by atoms with E-state index in [0.29, 0.717) is 11.9 Å². The standard InChI is InChI=1S/C25H30F3N5O3S/c1-33(2)23-21-8-3-4-9-22(21)31-24(32-23)29-15-17-10-12-18(13-11-17)16-30-37(34,35)20-7-5-6-19(14-20)36-25(26,27)28/h3-9,14,17-18,30H,10-13,15-16H2,1-2H3,(H,29,31,32)/t17-,18-. The van der Waals surface area contributed by atoms with E-state index in [1.54, 1.807) is 0 Å². The van der Waals surface area contributed by atoms with Crippen molar-refractivity contribution in [2.75, 3.05) is 37.4 Å². The van der Waals surface area contributed by atoms with Crippen molar-refractivity contribution in [1.29, 1.82) is 0 Å². The van der Waals surface area contributed by atoms with Crippen molar-refractivity contribution < 1.29 is 26.3 Å². The fraction of sp³-hybridized carbons (Fsp3) is 0.440. The largest absolute Gasteiger partial charge is 0.573 e. The molecule has 12 heteroatoms. The Morgan fingerprint density at radius 2 is 1.65 bits per heavy atom. The third kappa shape index (κ3) is 7.22. The normalized spacial score (nSPS) is 18.5. The van der Waals surface area contributed by atoms with Gasteiger partial charge in [0.2, 0.25) is 16.0 Å². The fourth-order valence-electron chi connectivity index (χ4n) is 4.50. The van der Waals surface area contributed by atoms with Gasteiger partial charge >= 0.3 is 6.36 Å². The van der Waals surface area contributed by atoms with Gasteiger partial charge in [-0.05, 0) is 61.8 Å². The number of nitrogens with one attached hydrogen (secondary N) is 2. The Morgan fingerprint density at radius 1 is 0.973 bits per heavy atom. The van der Waals surface area contributed by atoms with Crippen LogP contribution >= 0.6 is 0 Å². The first-order valence-corrected chi connectivity index (χ1v) is 13.5. The van der Waals surface area contributed by atoms with Crippen LogP contribution in [-0.2, 0) is 10.0 Å². The molecule has 2 aromatic carbocycles. The molecule has 8 nitrogen and oxygen atoms in total. The summed E-state index contributed by atoms with van der Waals surface area (Å²) < 4.78 is 68.9. The molecule has 0 atom stereocenters. The maximum atomic E-state index is 12.6. The summed E-state index contributed by atoms with van der Waals surface area (Å²) in [6.45, 7) is 0.947. The SMILES string of the molecule is CN(C)c1nc(NC[C@H]2CC[C@H](CNS(=O)(=O)c3cccc(OC(F)(F)F)c3)CC2)nc2ccccc12. The van der Waals surface area contributed by atoms with Gasteiger partial charge in [-0.1, -0.05) is 18.2 Å². The Bertz CT molecular complexity index is 1330. The lowest BCUT2D eigenvalue weighted by Crippen LogP contribution is -2.32. The van der Waals surface area contributed by atoms with Crippen molar-refractivity contribution in [2.45, 2.75) is 36.9 Å². The van der Waals surface area contributed by atoms with Crippen LogP contribution < -0.4 is 19.7 Å². The van der Waals surface area contributed by atoms with E-state index in [4.69, 9.17) is 0 Å². The Labute approximate surface area is 214 Å². The highest BCUT2D eigenvalue weighted by Crippen LogP contribution is 2.30. The molecule has 1 fully saturated rings. The molecule has 1 saturated carbocycles. The number of para-hydroxylation sites is 1. The molecular formula is C25H30F3N5O3S. The Kier molecular flexibility index (Phi) is 8.08. The maximum Gasteiger partial charge on any atom is 0.573 e. The highest BCUT2D eigenvalue weighted by atomic mass is 32.2. The van der Waals surface area contributed by atoms with E-state index in [9.17, 15) is 21.6 Å². The van der Waals surface area contributed by atoms with Crippen molar-refractivity contribution in [3.63, 3.8) is 0 Å². The molecule has 0 aliphatic heterocycles.